The number of hydrogen-bond donors (Lipinski definition) is 2. The van der Waals surface area contributed by atoms with Gasteiger partial charge in [-0.25, -0.2) is 13.1 Å². The number of benzene rings is 1. The molecule has 0 bridgehead atoms. The van der Waals surface area contributed by atoms with Crippen LogP contribution < -0.4 is 10.0 Å². The number of sulfonamides is 1. The molecule has 0 spiro atoms. The van der Waals surface area contributed by atoms with Crippen molar-refractivity contribution < 1.29 is 17.9 Å². The lowest BCUT2D eigenvalue weighted by Crippen LogP contribution is -2.33. The summed E-state index contributed by atoms with van der Waals surface area (Å²) in [7, 11) is -1.98. The Hall–Kier alpha value is -0.990. The monoisotopic (exact) mass is 350 g/mol. The van der Waals surface area contributed by atoms with Crippen LogP contribution in [-0.2, 0) is 14.8 Å². The fraction of sp³-hybridized carbons (Fsp3) is 0.500. The molecule has 0 radical (unpaired) electrons. The Labute approximate surface area is 138 Å². The Morgan fingerprint density at radius 3 is 2.59 bits per heavy atom. The van der Waals surface area contributed by atoms with Crippen molar-refractivity contribution in [3.63, 3.8) is 0 Å². The smallest absolute Gasteiger partial charge is 0.240 e. The van der Waals surface area contributed by atoms with Gasteiger partial charge in [-0.05, 0) is 12.1 Å². The van der Waals surface area contributed by atoms with Crippen molar-refractivity contribution >= 4 is 28.2 Å². The van der Waals surface area contributed by atoms with Crippen molar-refractivity contribution in [1.29, 1.82) is 0 Å². The van der Waals surface area contributed by atoms with Crippen molar-refractivity contribution in [3.8, 4) is 0 Å². The molecule has 0 saturated carbocycles. The summed E-state index contributed by atoms with van der Waals surface area (Å²) >= 11 is 0. The van der Waals surface area contributed by atoms with Crippen LogP contribution in [0.5, 0.6) is 0 Å². The summed E-state index contributed by atoms with van der Waals surface area (Å²) in [5.74, 6) is -0.0757. The minimum absolute atomic E-state index is 0. The van der Waals surface area contributed by atoms with Crippen LogP contribution >= 0.6 is 12.4 Å². The standard InChI is InChI=1S/C14H22N2O4S.ClH/c1-3-14(17)12-5-4-6-13(11-12)21(18,19)16-8-7-15-9-10-20-2;/h4-6,11,15-16H,3,7-10H2,1-2H3;1H. The molecule has 6 nitrogen and oxygen atoms in total. The number of ether oxygens (including phenoxy) is 1. The summed E-state index contributed by atoms with van der Waals surface area (Å²) in [6.45, 7) is 3.77. The molecule has 2 N–H and O–H groups in total. The van der Waals surface area contributed by atoms with Crippen molar-refractivity contribution in [2.45, 2.75) is 18.2 Å². The van der Waals surface area contributed by atoms with E-state index in [1.54, 1.807) is 26.2 Å². The Morgan fingerprint density at radius 1 is 1.23 bits per heavy atom. The van der Waals surface area contributed by atoms with Crippen molar-refractivity contribution in [3.05, 3.63) is 29.8 Å². The van der Waals surface area contributed by atoms with Crippen LogP contribution in [0.1, 0.15) is 23.7 Å². The van der Waals surface area contributed by atoms with Gasteiger partial charge in [0.15, 0.2) is 5.78 Å². The van der Waals surface area contributed by atoms with Gasteiger partial charge < -0.3 is 10.1 Å². The number of ketones is 1. The molecule has 1 aromatic rings. The third-order valence-electron chi connectivity index (χ3n) is 2.86. The molecule has 0 heterocycles. The minimum Gasteiger partial charge on any atom is -0.383 e. The van der Waals surface area contributed by atoms with Gasteiger partial charge in [0.25, 0.3) is 0 Å². The predicted molar refractivity (Wildman–Crippen MR) is 88.2 cm³/mol. The normalized spacial score (nSPS) is 11.0. The van der Waals surface area contributed by atoms with Gasteiger partial charge in [-0.15, -0.1) is 12.4 Å². The maximum absolute atomic E-state index is 12.1. The Bertz CT molecular complexity index is 564. The molecule has 1 aromatic carbocycles. The van der Waals surface area contributed by atoms with Crippen LogP contribution in [0.15, 0.2) is 29.2 Å². The van der Waals surface area contributed by atoms with Crippen LogP contribution in [0.2, 0.25) is 0 Å². The van der Waals surface area contributed by atoms with Gasteiger partial charge in [-0.3, -0.25) is 4.79 Å². The number of Topliss-reactive ketones (excluding diaryl/α,β-unsaturated/α-hetero) is 1. The number of rotatable bonds is 10. The van der Waals surface area contributed by atoms with E-state index in [4.69, 9.17) is 4.74 Å². The lowest BCUT2D eigenvalue weighted by Gasteiger charge is -2.08. The first-order chi connectivity index (χ1) is 10.0. The second-order valence-corrected chi connectivity index (χ2v) is 6.21. The molecule has 0 aliphatic rings. The largest absolute Gasteiger partial charge is 0.383 e. The van der Waals surface area contributed by atoms with E-state index in [0.717, 1.165) is 0 Å². The molecule has 0 unspecified atom stereocenters. The van der Waals surface area contributed by atoms with Crippen LogP contribution in [-0.4, -0.2) is 47.6 Å². The Morgan fingerprint density at radius 2 is 1.95 bits per heavy atom. The minimum atomic E-state index is -3.59. The number of halogens is 1. The molecule has 126 valence electrons. The quantitative estimate of drug-likeness (QED) is 0.489. The van der Waals surface area contributed by atoms with E-state index in [1.165, 1.54) is 12.1 Å². The van der Waals surface area contributed by atoms with Crippen molar-refractivity contribution in [1.82, 2.24) is 10.0 Å². The number of carbonyl (C=O) groups excluding carboxylic acids is 1. The third-order valence-corrected chi connectivity index (χ3v) is 4.32. The maximum atomic E-state index is 12.1. The van der Waals surface area contributed by atoms with E-state index in [2.05, 4.69) is 10.0 Å². The van der Waals surface area contributed by atoms with Gasteiger partial charge in [0.1, 0.15) is 0 Å². The zero-order chi connectivity index (χ0) is 15.7. The fourth-order valence-electron chi connectivity index (χ4n) is 1.70. The van der Waals surface area contributed by atoms with Crippen LogP contribution in [0.3, 0.4) is 0 Å². The summed E-state index contributed by atoms with van der Waals surface area (Å²) in [5.41, 5.74) is 0.415. The molecule has 1 rings (SSSR count). The summed E-state index contributed by atoms with van der Waals surface area (Å²) < 4.78 is 31.6. The number of hydrogen-bond acceptors (Lipinski definition) is 5. The zero-order valence-electron chi connectivity index (χ0n) is 12.8. The topological polar surface area (TPSA) is 84.5 Å². The molecule has 0 saturated heterocycles. The number of methoxy groups -OCH3 is 1. The summed E-state index contributed by atoms with van der Waals surface area (Å²) in [6, 6.07) is 6.09. The molecule has 0 fully saturated rings. The molecule has 0 aliphatic carbocycles. The van der Waals surface area contributed by atoms with Gasteiger partial charge in [0.05, 0.1) is 11.5 Å². The molecule has 0 aliphatic heterocycles. The average Bonchev–Trinajstić information content (AvgIpc) is 2.50. The van der Waals surface area contributed by atoms with Gasteiger partial charge >= 0.3 is 0 Å². The second-order valence-electron chi connectivity index (χ2n) is 4.45. The van der Waals surface area contributed by atoms with E-state index >= 15 is 0 Å². The highest BCUT2D eigenvalue weighted by molar-refractivity contribution is 7.89. The summed E-state index contributed by atoms with van der Waals surface area (Å²) in [5, 5.41) is 3.04. The van der Waals surface area contributed by atoms with Crippen LogP contribution in [0, 0.1) is 0 Å². The van der Waals surface area contributed by atoms with E-state index in [0.29, 0.717) is 31.7 Å². The summed E-state index contributed by atoms with van der Waals surface area (Å²) in [6.07, 6.45) is 0.348. The highest BCUT2D eigenvalue weighted by Gasteiger charge is 2.15. The maximum Gasteiger partial charge on any atom is 0.240 e. The molecule has 0 aromatic heterocycles. The zero-order valence-corrected chi connectivity index (χ0v) is 14.4. The van der Waals surface area contributed by atoms with Crippen LogP contribution in [0.25, 0.3) is 0 Å². The Kier molecular flexibility index (Phi) is 10.2. The van der Waals surface area contributed by atoms with Gasteiger partial charge in [-0.2, -0.15) is 0 Å². The molecule has 8 heteroatoms. The average molecular weight is 351 g/mol. The third kappa shape index (κ3) is 6.85. The van der Waals surface area contributed by atoms with E-state index in [9.17, 15) is 13.2 Å². The van der Waals surface area contributed by atoms with Gasteiger partial charge in [0.2, 0.25) is 10.0 Å². The highest BCUT2D eigenvalue weighted by atomic mass is 35.5. The number of carbonyl (C=O) groups is 1. The fourth-order valence-corrected chi connectivity index (χ4v) is 2.77. The summed E-state index contributed by atoms with van der Waals surface area (Å²) in [4.78, 5) is 11.7. The van der Waals surface area contributed by atoms with Gasteiger partial charge in [-0.1, -0.05) is 19.1 Å². The van der Waals surface area contributed by atoms with Gasteiger partial charge in [0, 0.05) is 38.7 Å². The highest BCUT2D eigenvalue weighted by Crippen LogP contribution is 2.12. The van der Waals surface area contributed by atoms with E-state index < -0.39 is 10.0 Å². The molecule has 0 amide bonds. The first-order valence-electron chi connectivity index (χ1n) is 6.84. The first kappa shape index (κ1) is 21.0. The van der Waals surface area contributed by atoms with Crippen molar-refractivity contribution in [2.24, 2.45) is 0 Å². The van der Waals surface area contributed by atoms with E-state index in [-0.39, 0.29) is 29.6 Å². The lowest BCUT2D eigenvalue weighted by molar-refractivity contribution is 0.0988. The Balaban J connectivity index is 0.00000441. The van der Waals surface area contributed by atoms with Crippen LogP contribution in [0.4, 0.5) is 0 Å². The number of nitrogens with one attached hydrogen (secondary N) is 2. The first-order valence-corrected chi connectivity index (χ1v) is 8.32. The molecule has 22 heavy (non-hydrogen) atoms. The molecule has 0 atom stereocenters. The second kappa shape index (κ2) is 10.7. The molecular weight excluding hydrogens is 328 g/mol. The molecular formula is C14H23ClN2O4S. The lowest BCUT2D eigenvalue weighted by atomic mass is 10.1. The van der Waals surface area contributed by atoms with E-state index in [1.807, 2.05) is 0 Å². The SMILES string of the molecule is CCC(=O)c1cccc(S(=O)(=O)NCCNCCOC)c1.Cl. The predicted octanol–water partition coefficient (Wildman–Crippen LogP) is 1.22. The van der Waals surface area contributed by atoms with Crippen molar-refractivity contribution in [2.75, 3.05) is 33.4 Å².